The molecule has 0 bridgehead atoms. The molecule has 0 spiro atoms. The molecule has 0 saturated carbocycles. The van der Waals surface area contributed by atoms with Crippen LogP contribution in [0.5, 0.6) is 0 Å². The molecular weight excluding hydrogens is 334 g/mol. The molecule has 5 nitrogen and oxygen atoms in total. The van der Waals surface area contributed by atoms with Crippen LogP contribution in [-0.2, 0) is 11.2 Å². The summed E-state index contributed by atoms with van der Waals surface area (Å²) in [6, 6.07) is 3.84. The summed E-state index contributed by atoms with van der Waals surface area (Å²) in [4.78, 5) is 19.1. The standard InChI is InChI=1S/C19H27N3O2S/c1-13-8-14(2)11-22(10-13)7-6-20-18(23)9-16-12-25-19(21-16)17-5-4-15(3)24-17/h4-5,12-14H,6-11H2,1-3H3,(H,20,23). The van der Waals surface area contributed by atoms with E-state index in [-0.39, 0.29) is 5.91 Å². The Kier molecular flexibility index (Phi) is 5.91. The Hall–Kier alpha value is -1.66. The fraction of sp³-hybridized carbons (Fsp3) is 0.579. The van der Waals surface area contributed by atoms with Gasteiger partial charge in [-0.15, -0.1) is 11.3 Å². The zero-order valence-electron chi connectivity index (χ0n) is 15.2. The van der Waals surface area contributed by atoms with Crippen molar-refractivity contribution in [3.63, 3.8) is 0 Å². The maximum absolute atomic E-state index is 12.1. The minimum atomic E-state index is 0.0329. The van der Waals surface area contributed by atoms with Gasteiger partial charge in [-0.2, -0.15) is 0 Å². The van der Waals surface area contributed by atoms with Crippen LogP contribution in [0, 0.1) is 18.8 Å². The summed E-state index contributed by atoms with van der Waals surface area (Å²) in [6.45, 7) is 10.4. The van der Waals surface area contributed by atoms with E-state index in [1.165, 1.54) is 17.8 Å². The van der Waals surface area contributed by atoms with Crippen LogP contribution in [0.1, 0.15) is 31.7 Å². The van der Waals surface area contributed by atoms with E-state index in [9.17, 15) is 4.79 Å². The molecule has 2 aromatic heterocycles. The Morgan fingerprint density at radius 2 is 2.12 bits per heavy atom. The first-order chi connectivity index (χ1) is 12.0. The van der Waals surface area contributed by atoms with Crippen LogP contribution in [0.15, 0.2) is 21.9 Å². The number of carbonyl (C=O) groups is 1. The van der Waals surface area contributed by atoms with Crippen LogP contribution in [0.2, 0.25) is 0 Å². The summed E-state index contributed by atoms with van der Waals surface area (Å²) in [5.74, 6) is 3.16. The summed E-state index contributed by atoms with van der Waals surface area (Å²) in [6.07, 6.45) is 1.63. The van der Waals surface area contributed by atoms with Crippen LogP contribution >= 0.6 is 11.3 Å². The van der Waals surface area contributed by atoms with E-state index in [0.29, 0.717) is 13.0 Å². The highest BCUT2D eigenvalue weighted by Gasteiger charge is 2.21. The van der Waals surface area contributed by atoms with E-state index in [1.54, 1.807) is 0 Å². The molecule has 3 heterocycles. The lowest BCUT2D eigenvalue weighted by atomic mass is 9.92. The number of hydrogen-bond acceptors (Lipinski definition) is 5. The van der Waals surface area contributed by atoms with Crippen LogP contribution in [0.3, 0.4) is 0 Å². The van der Waals surface area contributed by atoms with Crippen molar-refractivity contribution in [2.24, 2.45) is 11.8 Å². The normalized spacial score (nSPS) is 21.4. The van der Waals surface area contributed by atoms with Gasteiger partial charge in [-0.25, -0.2) is 4.98 Å². The molecule has 6 heteroatoms. The summed E-state index contributed by atoms with van der Waals surface area (Å²) < 4.78 is 5.58. The molecule has 1 amide bonds. The lowest BCUT2D eigenvalue weighted by Crippen LogP contribution is -2.43. The molecular formula is C19H27N3O2S. The number of aromatic nitrogens is 1. The average molecular weight is 362 g/mol. The number of rotatable bonds is 6. The van der Waals surface area contributed by atoms with Crippen molar-refractivity contribution in [3.05, 3.63) is 29.0 Å². The number of piperidine rings is 1. The van der Waals surface area contributed by atoms with Crippen molar-refractivity contribution in [3.8, 4) is 10.8 Å². The van der Waals surface area contributed by atoms with Gasteiger partial charge >= 0.3 is 0 Å². The maximum Gasteiger partial charge on any atom is 0.226 e. The van der Waals surface area contributed by atoms with Gasteiger partial charge in [0.15, 0.2) is 10.8 Å². The van der Waals surface area contributed by atoms with Crippen molar-refractivity contribution < 1.29 is 9.21 Å². The Labute approximate surface area is 153 Å². The molecule has 0 radical (unpaired) electrons. The number of thiazole rings is 1. The molecule has 1 fully saturated rings. The SMILES string of the molecule is Cc1ccc(-c2nc(CC(=O)NCCN3CC(C)CC(C)C3)cs2)o1. The second-order valence-corrected chi connectivity index (χ2v) is 8.14. The van der Waals surface area contributed by atoms with E-state index in [0.717, 1.165) is 53.7 Å². The molecule has 1 aliphatic heterocycles. The fourth-order valence-corrected chi connectivity index (χ4v) is 4.39. The van der Waals surface area contributed by atoms with Crippen molar-refractivity contribution in [2.45, 2.75) is 33.6 Å². The summed E-state index contributed by atoms with van der Waals surface area (Å²) in [7, 11) is 0. The van der Waals surface area contributed by atoms with Gasteiger partial charge in [0.05, 0.1) is 12.1 Å². The zero-order chi connectivity index (χ0) is 17.8. The Morgan fingerprint density at radius 1 is 1.36 bits per heavy atom. The number of hydrogen-bond donors (Lipinski definition) is 1. The molecule has 3 rings (SSSR count). The first-order valence-corrected chi connectivity index (χ1v) is 9.88. The largest absolute Gasteiger partial charge is 0.459 e. The molecule has 2 atom stereocenters. The van der Waals surface area contributed by atoms with Gasteiger partial charge in [-0.3, -0.25) is 4.79 Å². The molecule has 0 aromatic carbocycles. The van der Waals surface area contributed by atoms with Gasteiger partial charge in [0, 0.05) is 31.6 Å². The smallest absolute Gasteiger partial charge is 0.226 e. The van der Waals surface area contributed by atoms with Gasteiger partial charge in [0.25, 0.3) is 0 Å². The quantitative estimate of drug-likeness (QED) is 0.857. The van der Waals surface area contributed by atoms with Crippen LogP contribution in [0.25, 0.3) is 10.8 Å². The number of nitrogens with one attached hydrogen (secondary N) is 1. The molecule has 2 aromatic rings. The molecule has 1 aliphatic rings. The summed E-state index contributed by atoms with van der Waals surface area (Å²) in [5.41, 5.74) is 0.798. The zero-order valence-corrected chi connectivity index (χ0v) is 16.1. The summed E-state index contributed by atoms with van der Waals surface area (Å²) in [5, 5.41) is 5.78. The van der Waals surface area contributed by atoms with E-state index in [4.69, 9.17) is 4.42 Å². The number of carbonyl (C=O) groups excluding carboxylic acids is 1. The monoisotopic (exact) mass is 361 g/mol. The average Bonchev–Trinajstić information content (AvgIpc) is 3.15. The van der Waals surface area contributed by atoms with Crippen molar-refractivity contribution in [1.82, 2.24) is 15.2 Å². The van der Waals surface area contributed by atoms with Crippen LogP contribution < -0.4 is 5.32 Å². The number of furan rings is 1. The number of aryl methyl sites for hydroxylation is 1. The van der Waals surface area contributed by atoms with E-state index >= 15 is 0 Å². The first kappa shape index (κ1) is 18.1. The Morgan fingerprint density at radius 3 is 2.80 bits per heavy atom. The summed E-state index contributed by atoms with van der Waals surface area (Å²) >= 11 is 1.51. The molecule has 2 unspecified atom stereocenters. The second kappa shape index (κ2) is 8.15. The number of likely N-dealkylation sites (tertiary alicyclic amines) is 1. The third-order valence-corrected chi connectivity index (χ3v) is 5.44. The maximum atomic E-state index is 12.1. The van der Waals surface area contributed by atoms with Gasteiger partial charge in [0.2, 0.25) is 5.91 Å². The minimum absolute atomic E-state index is 0.0329. The third-order valence-electron chi connectivity index (χ3n) is 4.54. The molecule has 136 valence electrons. The fourth-order valence-electron chi connectivity index (χ4n) is 3.61. The first-order valence-electron chi connectivity index (χ1n) is 9.00. The van der Waals surface area contributed by atoms with E-state index < -0.39 is 0 Å². The van der Waals surface area contributed by atoms with Crippen LogP contribution in [0.4, 0.5) is 0 Å². The molecule has 1 saturated heterocycles. The highest BCUT2D eigenvalue weighted by atomic mass is 32.1. The van der Waals surface area contributed by atoms with E-state index in [2.05, 4.69) is 29.0 Å². The lowest BCUT2D eigenvalue weighted by molar-refractivity contribution is -0.120. The Bertz CT molecular complexity index is 699. The molecule has 25 heavy (non-hydrogen) atoms. The number of nitrogens with zero attached hydrogens (tertiary/aromatic N) is 2. The van der Waals surface area contributed by atoms with Gasteiger partial charge in [-0.05, 0) is 37.3 Å². The van der Waals surface area contributed by atoms with Gasteiger partial charge in [-0.1, -0.05) is 13.8 Å². The van der Waals surface area contributed by atoms with Gasteiger partial charge in [0.1, 0.15) is 5.76 Å². The third kappa shape index (κ3) is 5.16. The number of amides is 1. The second-order valence-electron chi connectivity index (χ2n) is 7.29. The minimum Gasteiger partial charge on any atom is -0.459 e. The van der Waals surface area contributed by atoms with E-state index in [1.807, 2.05) is 24.4 Å². The van der Waals surface area contributed by atoms with Gasteiger partial charge < -0.3 is 14.6 Å². The molecule has 1 N–H and O–H groups in total. The predicted molar refractivity (Wildman–Crippen MR) is 101 cm³/mol. The molecule has 0 aliphatic carbocycles. The van der Waals surface area contributed by atoms with Crippen LogP contribution in [-0.4, -0.2) is 42.0 Å². The van der Waals surface area contributed by atoms with Crippen molar-refractivity contribution in [1.29, 1.82) is 0 Å². The highest BCUT2D eigenvalue weighted by molar-refractivity contribution is 7.13. The van der Waals surface area contributed by atoms with Crippen molar-refractivity contribution >= 4 is 17.2 Å². The van der Waals surface area contributed by atoms with Crippen molar-refractivity contribution in [2.75, 3.05) is 26.2 Å². The Balaban J connectivity index is 1.43. The topological polar surface area (TPSA) is 58.4 Å². The lowest BCUT2D eigenvalue weighted by Gasteiger charge is -2.34. The highest BCUT2D eigenvalue weighted by Crippen LogP contribution is 2.25. The predicted octanol–water partition coefficient (Wildman–Crippen LogP) is 3.35.